The van der Waals surface area contributed by atoms with Crippen molar-refractivity contribution >= 4 is 27.3 Å². The number of nitrogen functional groups attached to an aromatic ring is 1. The molecule has 3 nitrogen and oxygen atoms in total. The molecule has 0 radical (unpaired) electrons. The van der Waals surface area contributed by atoms with Gasteiger partial charge in [-0.3, -0.25) is 0 Å². The number of nitriles is 1. The van der Waals surface area contributed by atoms with Crippen LogP contribution in [0.1, 0.15) is 24.5 Å². The Labute approximate surface area is 134 Å². The van der Waals surface area contributed by atoms with Gasteiger partial charge in [0.2, 0.25) is 0 Å². The minimum absolute atomic E-state index is 0.676. The molecule has 0 unspecified atom stereocenters. The molecule has 2 rings (SSSR count). The molecule has 0 aliphatic carbocycles. The monoisotopic (exact) mass is 343 g/mol. The van der Waals surface area contributed by atoms with Crippen molar-refractivity contribution in [3.63, 3.8) is 0 Å². The molecule has 0 atom stereocenters. The normalized spacial score (nSPS) is 10.1. The Morgan fingerprint density at radius 3 is 2.67 bits per heavy atom. The first-order chi connectivity index (χ1) is 10.2. The first kappa shape index (κ1) is 15.4. The topological polar surface area (TPSA) is 53.0 Å². The lowest BCUT2D eigenvalue weighted by atomic mass is 10.1. The summed E-state index contributed by atoms with van der Waals surface area (Å²) in [6.07, 6.45) is 1.01. The summed E-state index contributed by atoms with van der Waals surface area (Å²) in [5.41, 5.74) is 9.39. The maximum Gasteiger partial charge on any atom is 0.103 e. The van der Waals surface area contributed by atoms with Crippen LogP contribution in [0.15, 0.2) is 46.9 Å². The highest BCUT2D eigenvalue weighted by molar-refractivity contribution is 9.10. The predicted octanol–water partition coefficient (Wildman–Crippen LogP) is 4.32. The van der Waals surface area contributed by atoms with Crippen LogP contribution in [0.5, 0.6) is 0 Å². The number of hydrogen-bond donors (Lipinski definition) is 1. The zero-order chi connectivity index (χ0) is 15.2. The first-order valence-electron chi connectivity index (χ1n) is 6.93. The zero-order valence-corrected chi connectivity index (χ0v) is 13.6. The van der Waals surface area contributed by atoms with E-state index in [1.165, 1.54) is 0 Å². The lowest BCUT2D eigenvalue weighted by Gasteiger charge is -2.26. The van der Waals surface area contributed by atoms with E-state index in [1.54, 1.807) is 0 Å². The van der Waals surface area contributed by atoms with E-state index >= 15 is 0 Å². The van der Waals surface area contributed by atoms with Gasteiger partial charge in [-0.1, -0.05) is 25.1 Å². The summed E-state index contributed by atoms with van der Waals surface area (Å²) in [7, 11) is 0. The summed E-state index contributed by atoms with van der Waals surface area (Å²) in [5, 5.41) is 9.40. The lowest BCUT2D eigenvalue weighted by molar-refractivity contribution is 0.766. The Balaban J connectivity index is 2.36. The molecule has 2 aromatic carbocycles. The fraction of sp³-hybridized carbons (Fsp3) is 0.235. The van der Waals surface area contributed by atoms with Crippen molar-refractivity contribution in [2.75, 3.05) is 17.2 Å². The van der Waals surface area contributed by atoms with Gasteiger partial charge in [0.15, 0.2) is 0 Å². The Kier molecular flexibility index (Phi) is 5.24. The van der Waals surface area contributed by atoms with Crippen LogP contribution < -0.4 is 10.6 Å². The van der Waals surface area contributed by atoms with Crippen molar-refractivity contribution < 1.29 is 0 Å². The molecule has 0 amide bonds. The maximum absolute atomic E-state index is 9.40. The van der Waals surface area contributed by atoms with Gasteiger partial charge in [-0.15, -0.1) is 0 Å². The number of nitrogens with two attached hydrogens (primary N) is 1. The molecule has 0 aliphatic heterocycles. The third-order valence-corrected chi connectivity index (χ3v) is 3.92. The van der Waals surface area contributed by atoms with E-state index in [9.17, 15) is 5.26 Å². The van der Waals surface area contributed by atoms with Crippen molar-refractivity contribution in [1.29, 1.82) is 5.26 Å². The number of rotatable bonds is 5. The third-order valence-electron chi connectivity index (χ3n) is 3.26. The van der Waals surface area contributed by atoms with Crippen molar-refractivity contribution in [1.82, 2.24) is 0 Å². The van der Waals surface area contributed by atoms with Crippen molar-refractivity contribution in [3.05, 3.63) is 58.1 Å². The van der Waals surface area contributed by atoms with Gasteiger partial charge in [-0.2, -0.15) is 5.26 Å². The highest BCUT2D eigenvalue weighted by Gasteiger charge is 2.13. The minimum atomic E-state index is 0.676. The zero-order valence-electron chi connectivity index (χ0n) is 12.0. The van der Waals surface area contributed by atoms with E-state index in [-0.39, 0.29) is 0 Å². The molecule has 108 valence electrons. The Hall–Kier alpha value is -1.99. The van der Waals surface area contributed by atoms with Crippen LogP contribution in [-0.4, -0.2) is 6.54 Å². The van der Waals surface area contributed by atoms with Gasteiger partial charge in [0.1, 0.15) is 6.07 Å². The van der Waals surface area contributed by atoms with E-state index in [0.717, 1.165) is 40.9 Å². The summed E-state index contributed by atoms with van der Waals surface area (Å²) in [6.45, 7) is 3.76. The summed E-state index contributed by atoms with van der Waals surface area (Å²) >= 11 is 3.45. The van der Waals surface area contributed by atoms with Crippen LogP contribution in [0.2, 0.25) is 0 Å². The minimum Gasteiger partial charge on any atom is -0.399 e. The first-order valence-corrected chi connectivity index (χ1v) is 7.73. The lowest BCUT2D eigenvalue weighted by Crippen LogP contribution is -2.24. The molecule has 0 aromatic heterocycles. The van der Waals surface area contributed by atoms with Crippen LogP contribution in [-0.2, 0) is 6.54 Å². The SMILES string of the molecule is CCCN(Cc1cccc(N)c1)c1cccc(Br)c1C#N. The summed E-state index contributed by atoms with van der Waals surface area (Å²) in [4.78, 5) is 2.22. The highest BCUT2D eigenvalue weighted by Crippen LogP contribution is 2.28. The predicted molar refractivity (Wildman–Crippen MR) is 91.1 cm³/mol. The number of benzene rings is 2. The molecule has 0 fully saturated rings. The average molecular weight is 344 g/mol. The summed E-state index contributed by atoms with van der Waals surface area (Å²) < 4.78 is 0.830. The third kappa shape index (κ3) is 3.77. The van der Waals surface area contributed by atoms with Gasteiger partial charge in [0.25, 0.3) is 0 Å². The maximum atomic E-state index is 9.40. The molecular weight excluding hydrogens is 326 g/mol. The molecule has 0 bridgehead atoms. The smallest absolute Gasteiger partial charge is 0.103 e. The second kappa shape index (κ2) is 7.14. The van der Waals surface area contributed by atoms with E-state index in [2.05, 4.69) is 39.9 Å². The second-order valence-electron chi connectivity index (χ2n) is 4.91. The highest BCUT2D eigenvalue weighted by atomic mass is 79.9. The fourth-order valence-corrected chi connectivity index (χ4v) is 2.80. The van der Waals surface area contributed by atoms with E-state index in [4.69, 9.17) is 5.73 Å². The Morgan fingerprint density at radius 1 is 1.24 bits per heavy atom. The van der Waals surface area contributed by atoms with Crippen molar-refractivity contribution in [2.45, 2.75) is 19.9 Å². The molecule has 2 N–H and O–H groups in total. The number of nitrogens with zero attached hydrogens (tertiary/aromatic N) is 2. The molecular formula is C17H18BrN3. The van der Waals surface area contributed by atoms with Gasteiger partial charge >= 0.3 is 0 Å². The molecule has 2 aromatic rings. The van der Waals surface area contributed by atoms with E-state index < -0.39 is 0 Å². The quantitative estimate of drug-likeness (QED) is 0.822. The molecule has 4 heteroatoms. The van der Waals surface area contributed by atoms with Crippen LogP contribution in [0.25, 0.3) is 0 Å². The number of hydrogen-bond acceptors (Lipinski definition) is 3. The standard InChI is InChI=1S/C17H18BrN3/c1-2-9-21(12-13-5-3-6-14(20)10-13)17-8-4-7-16(18)15(17)11-19/h3-8,10H,2,9,12,20H2,1H3. The fourth-order valence-electron chi connectivity index (χ4n) is 2.35. The van der Waals surface area contributed by atoms with E-state index in [1.807, 2.05) is 36.4 Å². The van der Waals surface area contributed by atoms with Crippen LogP contribution in [0.3, 0.4) is 0 Å². The molecule has 21 heavy (non-hydrogen) atoms. The van der Waals surface area contributed by atoms with E-state index in [0.29, 0.717) is 5.56 Å². The molecule has 0 saturated heterocycles. The van der Waals surface area contributed by atoms with Crippen LogP contribution in [0, 0.1) is 11.3 Å². The van der Waals surface area contributed by atoms with Crippen molar-refractivity contribution in [2.24, 2.45) is 0 Å². The van der Waals surface area contributed by atoms with Crippen LogP contribution in [0.4, 0.5) is 11.4 Å². The molecule has 0 aliphatic rings. The Bertz CT molecular complexity index is 661. The van der Waals surface area contributed by atoms with Gasteiger partial charge in [0.05, 0.1) is 11.3 Å². The van der Waals surface area contributed by atoms with Gasteiger partial charge in [-0.25, -0.2) is 0 Å². The average Bonchev–Trinajstić information content (AvgIpc) is 2.46. The second-order valence-corrected chi connectivity index (χ2v) is 5.77. The van der Waals surface area contributed by atoms with Gasteiger partial charge in [0, 0.05) is 23.2 Å². The molecule has 0 spiro atoms. The number of anilines is 2. The largest absolute Gasteiger partial charge is 0.399 e. The van der Waals surface area contributed by atoms with Gasteiger partial charge in [-0.05, 0) is 52.2 Å². The summed E-state index contributed by atoms with van der Waals surface area (Å²) in [6, 6.07) is 16.0. The van der Waals surface area contributed by atoms with Crippen LogP contribution >= 0.6 is 15.9 Å². The summed E-state index contributed by atoms with van der Waals surface area (Å²) in [5.74, 6) is 0. The van der Waals surface area contributed by atoms with Gasteiger partial charge < -0.3 is 10.6 Å². The molecule has 0 heterocycles. The van der Waals surface area contributed by atoms with Crippen molar-refractivity contribution in [3.8, 4) is 6.07 Å². The Morgan fingerprint density at radius 2 is 2.00 bits per heavy atom. The molecule has 0 saturated carbocycles. The number of halogens is 1.